The predicted molar refractivity (Wildman–Crippen MR) is 57.3 cm³/mol. The van der Waals surface area contributed by atoms with Crippen LogP contribution in [0.5, 0.6) is 5.75 Å². The maximum atomic E-state index is 13.3. The minimum absolute atomic E-state index is 0.0462. The molecule has 2 nitrogen and oxygen atoms in total. The molecule has 1 atom stereocenters. The highest BCUT2D eigenvalue weighted by Crippen LogP contribution is 2.32. The van der Waals surface area contributed by atoms with Crippen molar-refractivity contribution in [2.45, 2.75) is 25.8 Å². The first-order valence-corrected chi connectivity index (χ1v) is 5.31. The molecule has 3 heteroatoms. The summed E-state index contributed by atoms with van der Waals surface area (Å²) in [5.74, 6) is 0.576. The Morgan fingerprint density at radius 2 is 2.27 bits per heavy atom. The van der Waals surface area contributed by atoms with Gasteiger partial charge in [-0.05, 0) is 43.4 Å². The van der Waals surface area contributed by atoms with Gasteiger partial charge in [0.25, 0.3) is 0 Å². The fourth-order valence-corrected chi connectivity index (χ4v) is 1.57. The lowest BCUT2D eigenvalue weighted by Gasteiger charge is -2.12. The molecule has 1 aromatic rings. The molecule has 1 saturated carbocycles. The van der Waals surface area contributed by atoms with Gasteiger partial charge in [-0.15, -0.1) is 0 Å². The fraction of sp³-hybridized carbons (Fsp3) is 0.500. The molecule has 1 unspecified atom stereocenters. The van der Waals surface area contributed by atoms with Gasteiger partial charge < -0.3 is 10.5 Å². The topological polar surface area (TPSA) is 35.2 Å². The van der Waals surface area contributed by atoms with E-state index in [1.54, 1.807) is 12.1 Å². The van der Waals surface area contributed by atoms with Crippen LogP contribution in [0.4, 0.5) is 4.39 Å². The maximum Gasteiger partial charge on any atom is 0.165 e. The lowest BCUT2D eigenvalue weighted by Crippen LogP contribution is -2.30. The molecule has 0 bridgehead atoms. The van der Waals surface area contributed by atoms with Gasteiger partial charge in [0, 0.05) is 6.04 Å². The van der Waals surface area contributed by atoms with Gasteiger partial charge >= 0.3 is 0 Å². The molecule has 0 aromatic heterocycles. The lowest BCUT2D eigenvalue weighted by atomic mass is 10.2. The zero-order valence-corrected chi connectivity index (χ0v) is 8.87. The third-order valence-corrected chi connectivity index (χ3v) is 2.75. The largest absolute Gasteiger partial charge is 0.489 e. The minimum atomic E-state index is -0.316. The summed E-state index contributed by atoms with van der Waals surface area (Å²) in [5, 5.41) is 0. The molecule has 0 amide bonds. The number of hydrogen-bond acceptors (Lipinski definition) is 2. The van der Waals surface area contributed by atoms with Crippen molar-refractivity contribution in [1.29, 1.82) is 0 Å². The molecular weight excluding hydrogens is 193 g/mol. The molecule has 1 aliphatic rings. The van der Waals surface area contributed by atoms with E-state index in [4.69, 9.17) is 10.5 Å². The molecular formula is C12H16FNO. The monoisotopic (exact) mass is 209 g/mol. The van der Waals surface area contributed by atoms with Crippen LogP contribution >= 0.6 is 0 Å². The molecule has 0 radical (unpaired) electrons. The Kier molecular flexibility index (Phi) is 2.91. The van der Waals surface area contributed by atoms with Gasteiger partial charge in [0.1, 0.15) is 6.61 Å². The third-order valence-electron chi connectivity index (χ3n) is 2.75. The van der Waals surface area contributed by atoms with Gasteiger partial charge in [-0.3, -0.25) is 0 Å². The van der Waals surface area contributed by atoms with Gasteiger partial charge in [0.15, 0.2) is 11.6 Å². The first-order chi connectivity index (χ1) is 7.16. The molecule has 1 fully saturated rings. The van der Waals surface area contributed by atoms with Crippen molar-refractivity contribution in [3.8, 4) is 5.75 Å². The van der Waals surface area contributed by atoms with Gasteiger partial charge in [0.2, 0.25) is 0 Å². The standard InChI is InChI=1S/C12H16FNO/c1-8-2-5-10(13)12(6-8)15-7-11(14)9-3-4-9/h2,5-6,9,11H,3-4,7,14H2,1H3. The van der Waals surface area contributed by atoms with Gasteiger partial charge in [-0.25, -0.2) is 4.39 Å². The molecule has 1 aromatic carbocycles. The van der Waals surface area contributed by atoms with Crippen LogP contribution < -0.4 is 10.5 Å². The summed E-state index contributed by atoms with van der Waals surface area (Å²) in [7, 11) is 0. The number of hydrogen-bond donors (Lipinski definition) is 1. The van der Waals surface area contributed by atoms with Crippen LogP contribution in [-0.2, 0) is 0 Å². The predicted octanol–water partition coefficient (Wildman–Crippen LogP) is 2.25. The summed E-state index contributed by atoms with van der Waals surface area (Å²) < 4.78 is 18.7. The highest BCUT2D eigenvalue weighted by atomic mass is 19.1. The molecule has 82 valence electrons. The molecule has 2 N–H and O–H groups in total. The molecule has 1 aliphatic carbocycles. The van der Waals surface area contributed by atoms with Crippen LogP contribution in [0.15, 0.2) is 18.2 Å². The summed E-state index contributed by atoms with van der Waals surface area (Å²) in [5.41, 5.74) is 6.86. The van der Waals surface area contributed by atoms with Crippen LogP contribution in [-0.4, -0.2) is 12.6 Å². The molecule has 15 heavy (non-hydrogen) atoms. The Labute approximate surface area is 89.2 Å². The van der Waals surface area contributed by atoms with Crippen LogP contribution in [0.3, 0.4) is 0 Å². The normalized spacial score (nSPS) is 17.5. The van der Waals surface area contributed by atoms with Crippen molar-refractivity contribution >= 4 is 0 Å². The lowest BCUT2D eigenvalue weighted by molar-refractivity contribution is 0.264. The first kappa shape index (κ1) is 10.4. The quantitative estimate of drug-likeness (QED) is 0.825. The number of benzene rings is 1. The number of ether oxygens (including phenoxy) is 1. The number of halogens is 1. The summed E-state index contributed by atoms with van der Waals surface area (Å²) in [6.45, 7) is 2.32. The molecule has 0 heterocycles. The Hall–Kier alpha value is -1.09. The second kappa shape index (κ2) is 4.19. The summed E-state index contributed by atoms with van der Waals surface area (Å²) in [6.07, 6.45) is 2.36. The van der Waals surface area contributed by atoms with Gasteiger partial charge in [0.05, 0.1) is 0 Å². The van der Waals surface area contributed by atoms with Gasteiger partial charge in [-0.1, -0.05) is 6.07 Å². The van der Waals surface area contributed by atoms with E-state index in [-0.39, 0.29) is 11.9 Å². The summed E-state index contributed by atoms with van der Waals surface area (Å²) in [6, 6.07) is 4.90. The molecule has 2 rings (SSSR count). The Morgan fingerprint density at radius 1 is 1.53 bits per heavy atom. The van der Waals surface area contributed by atoms with Crippen LogP contribution in [0.1, 0.15) is 18.4 Å². The molecule has 0 saturated heterocycles. The molecule has 0 spiro atoms. The highest BCUT2D eigenvalue weighted by molar-refractivity contribution is 5.29. The van der Waals surface area contributed by atoms with E-state index >= 15 is 0 Å². The summed E-state index contributed by atoms with van der Waals surface area (Å²) in [4.78, 5) is 0. The van der Waals surface area contributed by atoms with Crippen molar-refractivity contribution in [3.63, 3.8) is 0 Å². The second-order valence-corrected chi connectivity index (χ2v) is 4.25. The number of aryl methyl sites for hydroxylation is 1. The maximum absolute atomic E-state index is 13.3. The smallest absolute Gasteiger partial charge is 0.165 e. The van der Waals surface area contributed by atoms with Gasteiger partial charge in [-0.2, -0.15) is 0 Å². The Morgan fingerprint density at radius 3 is 2.93 bits per heavy atom. The third kappa shape index (κ3) is 2.69. The fourth-order valence-electron chi connectivity index (χ4n) is 1.57. The van der Waals surface area contributed by atoms with Crippen LogP contribution in [0.2, 0.25) is 0 Å². The van der Waals surface area contributed by atoms with Crippen LogP contribution in [0, 0.1) is 18.7 Å². The highest BCUT2D eigenvalue weighted by Gasteiger charge is 2.28. The minimum Gasteiger partial charge on any atom is -0.489 e. The average molecular weight is 209 g/mol. The Bertz CT molecular complexity index is 349. The average Bonchev–Trinajstić information content (AvgIpc) is 3.02. The zero-order valence-electron chi connectivity index (χ0n) is 8.87. The first-order valence-electron chi connectivity index (χ1n) is 5.31. The van der Waals surface area contributed by atoms with Crippen molar-refractivity contribution in [1.82, 2.24) is 0 Å². The van der Waals surface area contributed by atoms with E-state index in [0.29, 0.717) is 18.3 Å². The van der Waals surface area contributed by atoms with Crippen molar-refractivity contribution in [2.75, 3.05) is 6.61 Å². The second-order valence-electron chi connectivity index (χ2n) is 4.25. The molecule has 0 aliphatic heterocycles. The van der Waals surface area contributed by atoms with E-state index in [2.05, 4.69) is 0 Å². The van der Waals surface area contributed by atoms with Crippen molar-refractivity contribution in [2.24, 2.45) is 11.7 Å². The zero-order chi connectivity index (χ0) is 10.8. The van der Waals surface area contributed by atoms with E-state index in [9.17, 15) is 4.39 Å². The number of rotatable bonds is 4. The van der Waals surface area contributed by atoms with E-state index < -0.39 is 0 Å². The van der Waals surface area contributed by atoms with E-state index in [1.807, 2.05) is 6.92 Å². The Balaban J connectivity index is 1.94. The van der Waals surface area contributed by atoms with Crippen molar-refractivity contribution < 1.29 is 9.13 Å². The SMILES string of the molecule is Cc1ccc(F)c(OCC(N)C2CC2)c1. The van der Waals surface area contributed by atoms with E-state index in [0.717, 1.165) is 5.56 Å². The van der Waals surface area contributed by atoms with Crippen LogP contribution in [0.25, 0.3) is 0 Å². The van der Waals surface area contributed by atoms with Crippen molar-refractivity contribution in [3.05, 3.63) is 29.6 Å². The number of nitrogens with two attached hydrogens (primary N) is 1. The van der Waals surface area contributed by atoms with E-state index in [1.165, 1.54) is 18.9 Å². The summed E-state index contributed by atoms with van der Waals surface area (Å²) >= 11 is 0.